The molecule has 0 radical (unpaired) electrons. The Balaban J connectivity index is 2.20. The van der Waals surface area contributed by atoms with Gasteiger partial charge in [0.25, 0.3) is 0 Å². The molecule has 0 aliphatic carbocycles. The number of rotatable bonds is 7. The van der Waals surface area contributed by atoms with E-state index in [1.165, 1.54) is 0 Å². The fourth-order valence-electron chi connectivity index (χ4n) is 2.64. The molecule has 0 aromatic heterocycles. The van der Waals surface area contributed by atoms with E-state index in [9.17, 15) is 9.90 Å². The maximum absolute atomic E-state index is 12.9. The summed E-state index contributed by atoms with van der Waals surface area (Å²) in [6.07, 6.45) is 0.519. The van der Waals surface area contributed by atoms with E-state index >= 15 is 0 Å². The number of hydrogen-bond donors (Lipinski definition) is 2. The van der Waals surface area contributed by atoms with E-state index < -0.39 is 0 Å². The highest BCUT2D eigenvalue weighted by atomic mass is 16.5. The van der Waals surface area contributed by atoms with Crippen molar-refractivity contribution >= 4 is 11.7 Å². The molecule has 0 aliphatic rings. The molecule has 0 aliphatic heterocycles. The van der Waals surface area contributed by atoms with Crippen LogP contribution in [0.2, 0.25) is 0 Å². The van der Waals surface area contributed by atoms with Crippen LogP contribution in [-0.4, -0.2) is 35.8 Å². The van der Waals surface area contributed by atoms with Crippen LogP contribution in [0.25, 0.3) is 0 Å². The summed E-state index contributed by atoms with van der Waals surface area (Å²) in [5, 5.41) is 12.2. The van der Waals surface area contributed by atoms with Crippen LogP contribution in [0.5, 0.6) is 5.75 Å². The monoisotopic (exact) mass is 342 g/mol. The van der Waals surface area contributed by atoms with Gasteiger partial charge in [-0.1, -0.05) is 36.4 Å². The van der Waals surface area contributed by atoms with E-state index in [4.69, 9.17) is 4.74 Å². The normalized spacial score (nSPS) is 11.7. The number of anilines is 1. The molecule has 25 heavy (non-hydrogen) atoms. The highest BCUT2D eigenvalue weighted by Gasteiger charge is 2.21. The lowest BCUT2D eigenvalue weighted by atomic mass is 10.1. The first-order valence-corrected chi connectivity index (χ1v) is 8.42. The molecule has 1 unspecified atom stereocenters. The predicted octanol–water partition coefficient (Wildman–Crippen LogP) is 3.81. The van der Waals surface area contributed by atoms with Gasteiger partial charge in [-0.05, 0) is 43.5 Å². The van der Waals surface area contributed by atoms with Gasteiger partial charge in [-0.25, -0.2) is 4.79 Å². The minimum Gasteiger partial charge on any atom is -0.495 e. The zero-order valence-corrected chi connectivity index (χ0v) is 15.0. The van der Waals surface area contributed by atoms with Gasteiger partial charge in [-0.15, -0.1) is 0 Å². The zero-order valence-electron chi connectivity index (χ0n) is 15.0. The summed E-state index contributed by atoms with van der Waals surface area (Å²) in [5.41, 5.74) is 2.73. The molecule has 0 heterocycles. The number of aryl methyl sites for hydroxylation is 1. The van der Waals surface area contributed by atoms with Crippen molar-refractivity contribution in [3.05, 3.63) is 59.7 Å². The van der Waals surface area contributed by atoms with Crippen LogP contribution in [-0.2, 0) is 6.54 Å². The van der Waals surface area contributed by atoms with Crippen molar-refractivity contribution in [1.29, 1.82) is 0 Å². The summed E-state index contributed by atoms with van der Waals surface area (Å²) in [4.78, 5) is 14.6. The second-order valence-electron chi connectivity index (χ2n) is 6.11. The summed E-state index contributed by atoms with van der Waals surface area (Å²) in [5.74, 6) is 0.628. The third-order valence-electron chi connectivity index (χ3n) is 4.13. The third kappa shape index (κ3) is 5.22. The second kappa shape index (κ2) is 9.08. The molecule has 134 valence electrons. The average Bonchev–Trinajstić information content (AvgIpc) is 2.62. The molecule has 2 aromatic carbocycles. The lowest BCUT2D eigenvalue weighted by molar-refractivity contribution is 0.169. The van der Waals surface area contributed by atoms with Gasteiger partial charge in [-0.3, -0.25) is 0 Å². The molecule has 0 spiro atoms. The van der Waals surface area contributed by atoms with Crippen LogP contribution in [0.15, 0.2) is 48.5 Å². The molecular formula is C20H26N2O3. The van der Waals surface area contributed by atoms with Gasteiger partial charge in [0.15, 0.2) is 0 Å². The second-order valence-corrected chi connectivity index (χ2v) is 6.11. The van der Waals surface area contributed by atoms with Crippen molar-refractivity contribution in [2.45, 2.75) is 32.9 Å². The molecule has 5 heteroatoms. The molecule has 1 atom stereocenters. The first-order chi connectivity index (χ1) is 12.0. The van der Waals surface area contributed by atoms with E-state index in [2.05, 4.69) is 5.32 Å². The number of aliphatic hydroxyl groups is 1. The maximum Gasteiger partial charge on any atom is 0.322 e. The maximum atomic E-state index is 12.9. The van der Waals surface area contributed by atoms with Crippen LogP contribution in [0.4, 0.5) is 10.5 Å². The van der Waals surface area contributed by atoms with Gasteiger partial charge >= 0.3 is 6.03 Å². The summed E-state index contributed by atoms with van der Waals surface area (Å²) in [6.45, 7) is 4.42. The first-order valence-electron chi connectivity index (χ1n) is 8.42. The predicted molar refractivity (Wildman–Crippen MR) is 99.9 cm³/mol. The van der Waals surface area contributed by atoms with Crippen LogP contribution in [0.3, 0.4) is 0 Å². The number of carbonyl (C=O) groups is 1. The van der Waals surface area contributed by atoms with E-state index in [1.54, 1.807) is 12.0 Å². The van der Waals surface area contributed by atoms with Gasteiger partial charge in [-0.2, -0.15) is 0 Å². The SMILES string of the molecule is COc1cc(C)ccc1NC(=O)N(Cc1ccccc1)C(C)CCO. The summed E-state index contributed by atoms with van der Waals surface area (Å²) < 4.78 is 5.36. The Morgan fingerprint density at radius 3 is 2.60 bits per heavy atom. The molecule has 5 nitrogen and oxygen atoms in total. The zero-order chi connectivity index (χ0) is 18.2. The molecule has 2 amide bonds. The number of methoxy groups -OCH3 is 1. The van der Waals surface area contributed by atoms with E-state index in [0.29, 0.717) is 24.4 Å². The number of amides is 2. The third-order valence-corrected chi connectivity index (χ3v) is 4.13. The fourth-order valence-corrected chi connectivity index (χ4v) is 2.64. The van der Waals surface area contributed by atoms with Crippen LogP contribution in [0, 0.1) is 6.92 Å². The molecule has 2 N–H and O–H groups in total. The van der Waals surface area contributed by atoms with Crippen LogP contribution >= 0.6 is 0 Å². The van der Waals surface area contributed by atoms with Gasteiger partial charge in [0.05, 0.1) is 12.8 Å². The largest absolute Gasteiger partial charge is 0.495 e. The van der Waals surface area contributed by atoms with E-state index in [-0.39, 0.29) is 18.7 Å². The highest BCUT2D eigenvalue weighted by Crippen LogP contribution is 2.26. The Bertz CT molecular complexity index is 689. The van der Waals surface area contributed by atoms with Gasteiger partial charge < -0.3 is 20.1 Å². The van der Waals surface area contributed by atoms with Crippen LogP contribution in [0.1, 0.15) is 24.5 Å². The van der Waals surface area contributed by atoms with Crippen molar-refractivity contribution in [2.75, 3.05) is 19.0 Å². The summed E-state index contributed by atoms with van der Waals surface area (Å²) in [7, 11) is 1.58. The Morgan fingerprint density at radius 2 is 1.96 bits per heavy atom. The molecular weight excluding hydrogens is 316 g/mol. The fraction of sp³-hybridized carbons (Fsp3) is 0.350. The molecule has 0 fully saturated rings. The lowest BCUT2D eigenvalue weighted by Gasteiger charge is -2.29. The molecule has 0 saturated heterocycles. The molecule has 2 rings (SSSR count). The number of nitrogens with zero attached hydrogens (tertiary/aromatic N) is 1. The quantitative estimate of drug-likeness (QED) is 0.804. The molecule has 0 saturated carbocycles. The smallest absolute Gasteiger partial charge is 0.322 e. The number of urea groups is 1. The Hall–Kier alpha value is -2.53. The van der Waals surface area contributed by atoms with Crippen molar-refractivity contribution in [1.82, 2.24) is 4.90 Å². The van der Waals surface area contributed by atoms with Crippen molar-refractivity contribution in [2.24, 2.45) is 0 Å². The summed E-state index contributed by atoms with van der Waals surface area (Å²) >= 11 is 0. The minimum atomic E-state index is -0.216. The van der Waals surface area contributed by atoms with Crippen LogP contribution < -0.4 is 10.1 Å². The number of carbonyl (C=O) groups excluding carboxylic acids is 1. The minimum absolute atomic E-state index is 0.0353. The van der Waals surface area contributed by atoms with Crippen molar-refractivity contribution in [3.8, 4) is 5.75 Å². The number of hydrogen-bond acceptors (Lipinski definition) is 3. The average molecular weight is 342 g/mol. The summed E-state index contributed by atoms with van der Waals surface area (Å²) in [6, 6.07) is 15.2. The topological polar surface area (TPSA) is 61.8 Å². The number of aliphatic hydroxyl groups excluding tert-OH is 1. The van der Waals surface area contributed by atoms with E-state index in [1.807, 2.05) is 62.4 Å². The molecule has 0 bridgehead atoms. The van der Waals surface area contributed by atoms with Gasteiger partial charge in [0, 0.05) is 19.2 Å². The lowest BCUT2D eigenvalue weighted by Crippen LogP contribution is -2.41. The Morgan fingerprint density at radius 1 is 1.24 bits per heavy atom. The van der Waals surface area contributed by atoms with Crippen molar-refractivity contribution in [3.63, 3.8) is 0 Å². The van der Waals surface area contributed by atoms with Crippen molar-refractivity contribution < 1.29 is 14.6 Å². The standard InChI is InChI=1S/C20H26N2O3/c1-15-9-10-18(19(13-15)25-3)21-20(24)22(16(2)11-12-23)14-17-7-5-4-6-8-17/h4-10,13,16,23H,11-12,14H2,1-3H3,(H,21,24). The highest BCUT2D eigenvalue weighted by molar-refractivity contribution is 5.91. The Kier molecular flexibility index (Phi) is 6.83. The molecule has 2 aromatic rings. The number of ether oxygens (including phenoxy) is 1. The van der Waals surface area contributed by atoms with Gasteiger partial charge in [0.1, 0.15) is 5.75 Å². The van der Waals surface area contributed by atoms with Gasteiger partial charge in [0.2, 0.25) is 0 Å². The van der Waals surface area contributed by atoms with E-state index in [0.717, 1.165) is 11.1 Å². The first kappa shape index (κ1) is 18.8. The Labute approximate surface area is 149 Å². The number of benzene rings is 2. The number of nitrogens with one attached hydrogen (secondary N) is 1.